The van der Waals surface area contributed by atoms with Crippen LogP contribution in [0.15, 0.2) is 12.1 Å². The summed E-state index contributed by atoms with van der Waals surface area (Å²) in [5.74, 6) is 0. The van der Waals surface area contributed by atoms with E-state index in [2.05, 4.69) is 53.7 Å². The molecular weight excluding hydrogens is 192 g/mol. The Hall–Kier alpha value is -0.780. The molecule has 0 aliphatic heterocycles. The first kappa shape index (κ1) is 11.7. The summed E-state index contributed by atoms with van der Waals surface area (Å²) in [7, 11) is 0. The number of rotatable bonds is 0. The van der Waals surface area contributed by atoms with Crippen LogP contribution in [0.2, 0.25) is 0 Å². The Bertz CT molecular complexity index is 416. The van der Waals surface area contributed by atoms with E-state index in [1.165, 1.54) is 18.4 Å². The molecule has 0 N–H and O–H groups in total. The summed E-state index contributed by atoms with van der Waals surface area (Å²) < 4.78 is 0. The number of fused-ring (bicyclic) bond motifs is 1. The van der Waals surface area contributed by atoms with Gasteiger partial charge in [-0.3, -0.25) is 0 Å². The highest BCUT2D eigenvalue weighted by Gasteiger charge is 2.35. The highest BCUT2D eigenvalue weighted by molar-refractivity contribution is 5.49. The molecule has 0 nitrogen and oxygen atoms in total. The third-order valence-corrected chi connectivity index (χ3v) is 3.87. The van der Waals surface area contributed by atoms with Crippen molar-refractivity contribution in [3.63, 3.8) is 0 Å². The van der Waals surface area contributed by atoms with Crippen LogP contribution < -0.4 is 0 Å². The van der Waals surface area contributed by atoms with Crippen molar-refractivity contribution in [2.45, 2.75) is 65.2 Å². The lowest BCUT2D eigenvalue weighted by atomic mass is 9.75. The standard InChI is InChI=1S/C16H24/c1-11-9-12-7-8-16(5,6)14(12)13(10-11)15(2,3)4/h9-10H,7-8H2,1-6H3. The number of hydrogen-bond acceptors (Lipinski definition) is 0. The molecular formula is C16H24. The van der Waals surface area contributed by atoms with Crippen LogP contribution in [0.3, 0.4) is 0 Å². The Morgan fingerprint density at radius 2 is 1.75 bits per heavy atom. The van der Waals surface area contributed by atoms with Crippen LogP contribution in [-0.4, -0.2) is 0 Å². The molecule has 1 aromatic rings. The van der Waals surface area contributed by atoms with E-state index in [1.807, 2.05) is 0 Å². The molecule has 0 bridgehead atoms. The highest BCUT2D eigenvalue weighted by Crippen LogP contribution is 2.44. The molecule has 0 atom stereocenters. The first-order valence-electron chi connectivity index (χ1n) is 6.36. The van der Waals surface area contributed by atoms with E-state index in [-0.39, 0.29) is 5.41 Å². The van der Waals surface area contributed by atoms with Crippen molar-refractivity contribution in [1.29, 1.82) is 0 Å². The molecule has 0 radical (unpaired) electrons. The average Bonchev–Trinajstić information content (AvgIpc) is 2.39. The zero-order valence-corrected chi connectivity index (χ0v) is 11.6. The number of aryl methyl sites for hydroxylation is 2. The molecule has 0 heterocycles. The molecule has 0 aromatic heterocycles. The van der Waals surface area contributed by atoms with Gasteiger partial charge in [0.25, 0.3) is 0 Å². The maximum Gasteiger partial charge on any atom is -0.00947 e. The lowest BCUT2D eigenvalue weighted by Gasteiger charge is -2.30. The van der Waals surface area contributed by atoms with E-state index in [4.69, 9.17) is 0 Å². The zero-order valence-electron chi connectivity index (χ0n) is 11.6. The Kier molecular flexibility index (Phi) is 2.45. The fourth-order valence-corrected chi connectivity index (χ4v) is 3.02. The summed E-state index contributed by atoms with van der Waals surface area (Å²) >= 11 is 0. The Morgan fingerprint density at radius 3 is 2.31 bits per heavy atom. The van der Waals surface area contributed by atoms with Crippen LogP contribution in [0.5, 0.6) is 0 Å². The smallest absolute Gasteiger partial charge is 0.00947 e. The second-order valence-corrected chi connectivity index (χ2v) is 6.98. The molecule has 1 aliphatic rings. The molecule has 0 fully saturated rings. The van der Waals surface area contributed by atoms with E-state index in [1.54, 1.807) is 16.7 Å². The summed E-state index contributed by atoms with van der Waals surface area (Å²) in [6.45, 7) is 14.0. The second-order valence-electron chi connectivity index (χ2n) is 6.98. The second kappa shape index (κ2) is 3.35. The molecule has 0 unspecified atom stereocenters. The fourth-order valence-electron chi connectivity index (χ4n) is 3.02. The van der Waals surface area contributed by atoms with Gasteiger partial charge in [-0.1, -0.05) is 52.3 Å². The average molecular weight is 216 g/mol. The summed E-state index contributed by atoms with van der Waals surface area (Å²) in [5.41, 5.74) is 6.83. The van der Waals surface area contributed by atoms with Gasteiger partial charge >= 0.3 is 0 Å². The summed E-state index contributed by atoms with van der Waals surface area (Å²) in [6.07, 6.45) is 2.56. The normalized spacial score (nSPS) is 18.6. The molecule has 0 heteroatoms. The van der Waals surface area contributed by atoms with Crippen LogP contribution >= 0.6 is 0 Å². The van der Waals surface area contributed by atoms with E-state index in [9.17, 15) is 0 Å². The molecule has 0 spiro atoms. The largest absolute Gasteiger partial charge is 0.0561 e. The first-order chi connectivity index (χ1) is 7.22. The summed E-state index contributed by atoms with van der Waals surface area (Å²) in [6, 6.07) is 4.78. The van der Waals surface area contributed by atoms with Crippen LogP contribution in [-0.2, 0) is 17.3 Å². The van der Waals surface area contributed by atoms with Crippen molar-refractivity contribution in [3.8, 4) is 0 Å². The van der Waals surface area contributed by atoms with Crippen LogP contribution in [0.4, 0.5) is 0 Å². The van der Waals surface area contributed by atoms with E-state index in [0.29, 0.717) is 5.41 Å². The van der Waals surface area contributed by atoms with Gasteiger partial charge in [0, 0.05) is 0 Å². The van der Waals surface area contributed by atoms with Gasteiger partial charge in [-0.15, -0.1) is 0 Å². The third-order valence-electron chi connectivity index (χ3n) is 3.87. The summed E-state index contributed by atoms with van der Waals surface area (Å²) in [4.78, 5) is 0. The molecule has 0 saturated carbocycles. The fraction of sp³-hybridized carbons (Fsp3) is 0.625. The lowest BCUT2D eigenvalue weighted by molar-refractivity contribution is 0.496. The number of hydrogen-bond donors (Lipinski definition) is 0. The van der Waals surface area contributed by atoms with Crippen LogP contribution in [0.1, 0.15) is 63.3 Å². The minimum Gasteiger partial charge on any atom is -0.0561 e. The SMILES string of the molecule is Cc1cc2c(c(C(C)(C)C)c1)C(C)(C)CC2. The topological polar surface area (TPSA) is 0 Å². The molecule has 0 saturated heterocycles. The van der Waals surface area contributed by atoms with Crippen molar-refractivity contribution in [3.05, 3.63) is 34.4 Å². The van der Waals surface area contributed by atoms with E-state index >= 15 is 0 Å². The van der Waals surface area contributed by atoms with Gasteiger partial charge in [-0.05, 0) is 47.3 Å². The highest BCUT2D eigenvalue weighted by atomic mass is 14.4. The van der Waals surface area contributed by atoms with E-state index in [0.717, 1.165) is 0 Å². The summed E-state index contributed by atoms with van der Waals surface area (Å²) in [5, 5.41) is 0. The zero-order chi connectivity index (χ0) is 12.1. The van der Waals surface area contributed by atoms with Crippen molar-refractivity contribution >= 4 is 0 Å². The monoisotopic (exact) mass is 216 g/mol. The Labute approximate surface area is 100 Å². The quantitative estimate of drug-likeness (QED) is 0.598. The van der Waals surface area contributed by atoms with Gasteiger partial charge in [0.15, 0.2) is 0 Å². The molecule has 88 valence electrons. The van der Waals surface area contributed by atoms with Crippen LogP contribution in [0.25, 0.3) is 0 Å². The van der Waals surface area contributed by atoms with Crippen molar-refractivity contribution in [2.24, 2.45) is 0 Å². The minimum absolute atomic E-state index is 0.262. The predicted molar refractivity (Wildman–Crippen MR) is 71.2 cm³/mol. The van der Waals surface area contributed by atoms with Crippen molar-refractivity contribution in [1.82, 2.24) is 0 Å². The van der Waals surface area contributed by atoms with Gasteiger partial charge < -0.3 is 0 Å². The Balaban J connectivity index is 2.71. The maximum absolute atomic E-state index is 2.39. The molecule has 1 aliphatic carbocycles. The molecule has 1 aromatic carbocycles. The number of benzene rings is 1. The third kappa shape index (κ3) is 1.79. The van der Waals surface area contributed by atoms with Gasteiger partial charge in [0.05, 0.1) is 0 Å². The van der Waals surface area contributed by atoms with Crippen molar-refractivity contribution < 1.29 is 0 Å². The predicted octanol–water partition coefficient (Wildman–Crippen LogP) is 4.52. The van der Waals surface area contributed by atoms with Crippen molar-refractivity contribution in [2.75, 3.05) is 0 Å². The van der Waals surface area contributed by atoms with Gasteiger partial charge in [0.1, 0.15) is 0 Å². The van der Waals surface area contributed by atoms with Gasteiger partial charge in [-0.25, -0.2) is 0 Å². The molecule has 16 heavy (non-hydrogen) atoms. The first-order valence-corrected chi connectivity index (χ1v) is 6.36. The molecule has 2 rings (SSSR count). The molecule has 0 amide bonds. The minimum atomic E-state index is 0.262. The van der Waals surface area contributed by atoms with E-state index < -0.39 is 0 Å². The van der Waals surface area contributed by atoms with Gasteiger partial charge in [0.2, 0.25) is 0 Å². The van der Waals surface area contributed by atoms with Crippen LogP contribution in [0, 0.1) is 6.92 Å². The lowest BCUT2D eigenvalue weighted by Crippen LogP contribution is -2.22. The Morgan fingerprint density at radius 1 is 1.12 bits per heavy atom. The van der Waals surface area contributed by atoms with Gasteiger partial charge in [-0.2, -0.15) is 0 Å². The maximum atomic E-state index is 2.39.